The highest BCUT2D eigenvalue weighted by Crippen LogP contribution is 2.34. The second kappa shape index (κ2) is 14.8. The molecule has 0 spiro atoms. The van der Waals surface area contributed by atoms with Crippen LogP contribution in [0.5, 0.6) is 0 Å². The van der Waals surface area contributed by atoms with E-state index in [0.29, 0.717) is 6.54 Å². The molecule has 0 bridgehead atoms. The summed E-state index contributed by atoms with van der Waals surface area (Å²) in [5, 5.41) is 11.1. The third-order valence-electron chi connectivity index (χ3n) is 7.23. The minimum absolute atomic E-state index is 0.288. The molecule has 0 saturated heterocycles. The van der Waals surface area contributed by atoms with Gasteiger partial charge in [0.05, 0.1) is 16.9 Å². The first-order valence-electron chi connectivity index (χ1n) is 14.9. The van der Waals surface area contributed by atoms with Crippen molar-refractivity contribution in [2.24, 2.45) is 0 Å². The molecule has 0 fully saturated rings. The number of likely N-dealkylation sites (N-methyl/N-ethyl adjacent to an activating group) is 2. The maximum atomic E-state index is 14.9. The molecule has 4 rings (SSSR count). The molecule has 0 amide bonds. The van der Waals surface area contributed by atoms with Crippen LogP contribution in [0.2, 0.25) is 0 Å². The largest absolute Gasteiger partial charge is 0.384 e. The van der Waals surface area contributed by atoms with Crippen molar-refractivity contribution in [2.75, 3.05) is 53.1 Å². The molecule has 0 radical (unpaired) electrons. The molecule has 4 aromatic rings. The number of rotatable bonds is 13. The van der Waals surface area contributed by atoms with E-state index in [-0.39, 0.29) is 5.82 Å². The Kier molecular flexibility index (Phi) is 10.9. The number of nitrogens with zero attached hydrogens (tertiary/aromatic N) is 4. The van der Waals surface area contributed by atoms with Gasteiger partial charge in [-0.3, -0.25) is 5.10 Å². The van der Waals surface area contributed by atoms with Gasteiger partial charge < -0.3 is 20.1 Å². The molecule has 3 aromatic heterocycles. The first-order valence-corrected chi connectivity index (χ1v) is 14.9. The summed E-state index contributed by atoms with van der Waals surface area (Å²) in [6, 6.07) is 11.2. The van der Waals surface area contributed by atoms with Gasteiger partial charge in [0.2, 0.25) is 0 Å². The van der Waals surface area contributed by atoms with Crippen molar-refractivity contribution in [3.8, 4) is 11.4 Å². The van der Waals surface area contributed by atoms with E-state index in [1.807, 2.05) is 91.5 Å². The predicted molar refractivity (Wildman–Crippen MR) is 184 cm³/mol. The standard InChI is InChI=1S/C36H44FN7/c1-9-12-13-30(27-19-28(37)21-29(20-27)38-16-17-43(5)6)31-22-34(39-24(31)4)36-35-33(41-42-36)15-14-32(40-35)26(11-3)18-25(10-2)23-44(7)8/h9-15,18-22,38-39H,2,16-17,23H2,1,3-8H3,(H,41,42)/b12-9-,25-18+,26-11+,30-13-. The van der Waals surface area contributed by atoms with Crippen LogP contribution in [-0.4, -0.2) is 77.8 Å². The number of pyridine rings is 1. The normalized spacial score (nSPS) is 13.2. The summed E-state index contributed by atoms with van der Waals surface area (Å²) in [6.45, 7) is 12.3. The zero-order valence-corrected chi connectivity index (χ0v) is 26.9. The van der Waals surface area contributed by atoms with E-state index in [4.69, 9.17) is 4.98 Å². The van der Waals surface area contributed by atoms with Gasteiger partial charge in [0.15, 0.2) is 0 Å². The van der Waals surface area contributed by atoms with Crippen LogP contribution in [0.3, 0.4) is 0 Å². The molecular weight excluding hydrogens is 549 g/mol. The minimum atomic E-state index is -0.288. The molecule has 0 saturated carbocycles. The van der Waals surface area contributed by atoms with Crippen LogP contribution in [0, 0.1) is 12.7 Å². The average Bonchev–Trinajstić information content (AvgIpc) is 3.57. The summed E-state index contributed by atoms with van der Waals surface area (Å²) < 4.78 is 14.9. The average molecular weight is 594 g/mol. The molecule has 0 unspecified atom stereocenters. The Morgan fingerprint density at radius 3 is 2.55 bits per heavy atom. The third-order valence-corrected chi connectivity index (χ3v) is 7.23. The van der Waals surface area contributed by atoms with Crippen molar-refractivity contribution in [3.63, 3.8) is 0 Å². The van der Waals surface area contributed by atoms with Crippen molar-refractivity contribution in [3.05, 3.63) is 113 Å². The van der Waals surface area contributed by atoms with Crippen molar-refractivity contribution in [1.29, 1.82) is 0 Å². The van der Waals surface area contributed by atoms with Gasteiger partial charge in [0.1, 0.15) is 17.0 Å². The van der Waals surface area contributed by atoms with E-state index in [9.17, 15) is 4.39 Å². The maximum absolute atomic E-state index is 14.9. The van der Waals surface area contributed by atoms with E-state index < -0.39 is 0 Å². The number of fused-ring (bicyclic) bond motifs is 1. The van der Waals surface area contributed by atoms with Crippen LogP contribution in [0.15, 0.2) is 85.0 Å². The first-order chi connectivity index (χ1) is 21.1. The Morgan fingerprint density at radius 2 is 1.86 bits per heavy atom. The summed E-state index contributed by atoms with van der Waals surface area (Å²) >= 11 is 0. The van der Waals surface area contributed by atoms with Crippen molar-refractivity contribution in [2.45, 2.75) is 20.8 Å². The lowest BCUT2D eigenvalue weighted by molar-refractivity contribution is 0.425. The Bertz CT molecular complexity index is 1730. The maximum Gasteiger partial charge on any atom is 0.135 e. The topological polar surface area (TPSA) is 75.9 Å². The molecule has 1 aromatic carbocycles. The summed E-state index contributed by atoms with van der Waals surface area (Å²) in [5.41, 5.74) is 10.5. The lowest BCUT2D eigenvalue weighted by atomic mass is 9.96. The van der Waals surface area contributed by atoms with Gasteiger partial charge in [-0.15, -0.1) is 0 Å². The van der Waals surface area contributed by atoms with Crippen LogP contribution in [0.1, 0.15) is 36.4 Å². The predicted octanol–water partition coefficient (Wildman–Crippen LogP) is 7.46. The van der Waals surface area contributed by atoms with Crippen LogP contribution in [0.25, 0.3) is 33.6 Å². The second-order valence-electron chi connectivity index (χ2n) is 11.4. The molecule has 8 heteroatoms. The number of aryl methyl sites for hydroxylation is 1. The molecule has 0 atom stereocenters. The SMILES string of the molecule is C=C/C(=C\C(=C/C)c1ccc2[nH]nc(-c3cc(/C(=C\C=C/C)c4cc(F)cc(NCCN(C)C)c4)c(C)[nH]3)c2n1)CN(C)C. The summed E-state index contributed by atoms with van der Waals surface area (Å²) in [6.07, 6.45) is 12.0. The monoisotopic (exact) mass is 593 g/mol. The first kappa shape index (κ1) is 32.4. The number of anilines is 1. The highest BCUT2D eigenvalue weighted by Gasteiger charge is 2.18. The zero-order chi connectivity index (χ0) is 31.8. The van der Waals surface area contributed by atoms with Gasteiger partial charge in [-0.1, -0.05) is 37.0 Å². The summed E-state index contributed by atoms with van der Waals surface area (Å²) in [5.74, 6) is -0.288. The van der Waals surface area contributed by atoms with E-state index in [1.165, 1.54) is 6.07 Å². The van der Waals surface area contributed by atoms with E-state index in [2.05, 4.69) is 55.1 Å². The number of benzene rings is 1. The fraction of sp³-hybridized carbons (Fsp3) is 0.278. The second-order valence-corrected chi connectivity index (χ2v) is 11.4. The molecular formula is C36H44FN7. The van der Waals surface area contributed by atoms with E-state index in [0.717, 1.165) is 80.4 Å². The summed E-state index contributed by atoms with van der Waals surface area (Å²) in [7, 11) is 8.11. The quantitative estimate of drug-likeness (QED) is 0.140. The smallest absolute Gasteiger partial charge is 0.135 e. The van der Waals surface area contributed by atoms with Gasteiger partial charge in [-0.25, -0.2) is 9.37 Å². The molecule has 3 heterocycles. The van der Waals surface area contributed by atoms with E-state index in [1.54, 1.807) is 6.07 Å². The molecule has 230 valence electrons. The number of H-pyrrole nitrogens is 2. The number of hydrogen-bond donors (Lipinski definition) is 3. The summed E-state index contributed by atoms with van der Waals surface area (Å²) in [4.78, 5) is 12.8. The van der Waals surface area contributed by atoms with Crippen LogP contribution in [-0.2, 0) is 0 Å². The van der Waals surface area contributed by atoms with Crippen LogP contribution in [0.4, 0.5) is 10.1 Å². The Labute approximate surface area is 260 Å². The number of aromatic amines is 2. The lowest BCUT2D eigenvalue weighted by Gasteiger charge is -2.14. The minimum Gasteiger partial charge on any atom is -0.384 e. The van der Waals surface area contributed by atoms with Gasteiger partial charge in [-0.2, -0.15) is 5.10 Å². The Morgan fingerprint density at radius 1 is 1.07 bits per heavy atom. The van der Waals surface area contributed by atoms with Gasteiger partial charge >= 0.3 is 0 Å². The molecule has 0 aliphatic carbocycles. The van der Waals surface area contributed by atoms with Gasteiger partial charge in [0.25, 0.3) is 0 Å². The number of nitrogens with one attached hydrogen (secondary N) is 3. The number of aromatic nitrogens is 4. The van der Waals surface area contributed by atoms with Gasteiger partial charge in [0, 0.05) is 36.6 Å². The fourth-order valence-electron chi connectivity index (χ4n) is 5.06. The zero-order valence-electron chi connectivity index (χ0n) is 26.9. The molecule has 0 aliphatic rings. The van der Waals surface area contributed by atoms with Crippen molar-refractivity contribution in [1.82, 2.24) is 30.0 Å². The number of hydrogen-bond acceptors (Lipinski definition) is 5. The van der Waals surface area contributed by atoms with Crippen molar-refractivity contribution >= 4 is 27.9 Å². The molecule has 7 nitrogen and oxygen atoms in total. The molecule has 3 N–H and O–H groups in total. The Hall–Kier alpha value is -4.53. The lowest BCUT2D eigenvalue weighted by Crippen LogP contribution is -2.20. The van der Waals surface area contributed by atoms with Crippen molar-refractivity contribution < 1.29 is 4.39 Å². The van der Waals surface area contributed by atoms with E-state index >= 15 is 0 Å². The Balaban J connectivity index is 1.75. The molecule has 44 heavy (non-hydrogen) atoms. The third kappa shape index (κ3) is 7.89. The van der Waals surface area contributed by atoms with Gasteiger partial charge in [-0.05, 0) is 114 Å². The molecule has 0 aliphatic heterocycles. The van der Waals surface area contributed by atoms with Crippen LogP contribution >= 0.6 is 0 Å². The van der Waals surface area contributed by atoms with Crippen LogP contribution < -0.4 is 5.32 Å². The fourth-order valence-corrected chi connectivity index (χ4v) is 5.06. The number of halogens is 1. The highest BCUT2D eigenvalue weighted by molar-refractivity contribution is 5.92. The number of allylic oxidation sites excluding steroid dienone is 6. The highest BCUT2D eigenvalue weighted by atomic mass is 19.1.